The van der Waals surface area contributed by atoms with E-state index in [1.807, 2.05) is 0 Å². The van der Waals surface area contributed by atoms with Gasteiger partial charge in [-0.15, -0.1) is 0 Å². The van der Waals surface area contributed by atoms with Crippen molar-refractivity contribution in [3.8, 4) is 0 Å². The molecule has 0 aliphatic heterocycles. The van der Waals surface area contributed by atoms with Crippen LogP contribution < -0.4 is 0 Å². The van der Waals surface area contributed by atoms with Crippen LogP contribution in [0.4, 0.5) is 4.39 Å². The molecule has 0 amide bonds. The zero-order valence-corrected chi connectivity index (χ0v) is 16.0. The highest BCUT2D eigenvalue weighted by atomic mass is 19.1. The molecule has 3 aliphatic rings. The molecule has 0 bridgehead atoms. The lowest BCUT2D eigenvalue weighted by Crippen LogP contribution is -2.30. The van der Waals surface area contributed by atoms with E-state index in [1.165, 1.54) is 63.9 Å². The first kappa shape index (κ1) is 19.1. The first-order chi connectivity index (χ1) is 12.1. The van der Waals surface area contributed by atoms with Crippen LogP contribution in [0.25, 0.3) is 0 Å². The Morgan fingerprint density at radius 3 is 2.12 bits per heavy atom. The standard InChI is InChI=1S/C23H37FO/c1-2-23(24)16-14-21(15-17-23)22(25)9-5-6-18-10-12-19-7-3-4-8-20(19)13-11-18/h2,18-21H,1,3-17H2. The Bertz CT molecular complexity index is 433. The van der Waals surface area contributed by atoms with Crippen molar-refractivity contribution < 1.29 is 9.18 Å². The zero-order chi connectivity index (χ0) is 17.7. The molecule has 0 aromatic carbocycles. The maximum absolute atomic E-state index is 14.2. The molecule has 3 saturated carbocycles. The minimum Gasteiger partial charge on any atom is -0.299 e. The van der Waals surface area contributed by atoms with E-state index in [0.717, 1.165) is 30.6 Å². The molecule has 3 rings (SSSR count). The van der Waals surface area contributed by atoms with Crippen LogP contribution >= 0.6 is 0 Å². The van der Waals surface area contributed by atoms with Crippen LogP contribution in [0.5, 0.6) is 0 Å². The van der Waals surface area contributed by atoms with Crippen LogP contribution in [0.2, 0.25) is 0 Å². The Morgan fingerprint density at radius 2 is 1.56 bits per heavy atom. The van der Waals surface area contributed by atoms with E-state index < -0.39 is 5.67 Å². The van der Waals surface area contributed by atoms with Gasteiger partial charge in [0.1, 0.15) is 11.5 Å². The van der Waals surface area contributed by atoms with E-state index in [-0.39, 0.29) is 5.92 Å². The van der Waals surface area contributed by atoms with E-state index in [4.69, 9.17) is 0 Å². The summed E-state index contributed by atoms with van der Waals surface area (Å²) in [5.41, 5.74) is -1.21. The molecular formula is C23H37FO. The Kier molecular flexibility index (Phi) is 6.74. The van der Waals surface area contributed by atoms with Crippen molar-refractivity contribution in [1.82, 2.24) is 0 Å². The van der Waals surface area contributed by atoms with Crippen molar-refractivity contribution in [2.75, 3.05) is 0 Å². The van der Waals surface area contributed by atoms with Gasteiger partial charge in [0, 0.05) is 12.3 Å². The van der Waals surface area contributed by atoms with Crippen molar-refractivity contribution in [2.24, 2.45) is 23.7 Å². The second kappa shape index (κ2) is 8.82. The average Bonchev–Trinajstić information content (AvgIpc) is 2.85. The topological polar surface area (TPSA) is 17.1 Å². The fraction of sp³-hybridized carbons (Fsp3) is 0.870. The Hall–Kier alpha value is -0.660. The maximum atomic E-state index is 14.2. The van der Waals surface area contributed by atoms with E-state index >= 15 is 0 Å². The number of halogens is 1. The number of fused-ring (bicyclic) bond motifs is 1. The molecule has 3 aliphatic carbocycles. The molecular weight excluding hydrogens is 311 g/mol. The lowest BCUT2D eigenvalue weighted by Gasteiger charge is -2.31. The molecule has 25 heavy (non-hydrogen) atoms. The van der Waals surface area contributed by atoms with Gasteiger partial charge in [0.2, 0.25) is 0 Å². The fourth-order valence-corrected chi connectivity index (χ4v) is 5.77. The maximum Gasteiger partial charge on any atom is 0.135 e. The van der Waals surface area contributed by atoms with Crippen LogP contribution in [-0.4, -0.2) is 11.5 Å². The highest BCUT2D eigenvalue weighted by Crippen LogP contribution is 2.42. The molecule has 0 heterocycles. The molecule has 142 valence electrons. The van der Waals surface area contributed by atoms with Crippen molar-refractivity contribution >= 4 is 5.78 Å². The molecule has 0 aromatic heterocycles. The summed E-state index contributed by atoms with van der Waals surface area (Å²) in [4.78, 5) is 12.5. The van der Waals surface area contributed by atoms with Gasteiger partial charge in [-0.1, -0.05) is 57.6 Å². The van der Waals surface area contributed by atoms with Gasteiger partial charge in [-0.3, -0.25) is 4.79 Å². The fourth-order valence-electron chi connectivity index (χ4n) is 5.77. The summed E-state index contributed by atoms with van der Waals surface area (Å²) in [5.74, 6) is 3.38. The van der Waals surface area contributed by atoms with Crippen molar-refractivity contribution in [1.29, 1.82) is 0 Å². The highest BCUT2D eigenvalue weighted by molar-refractivity contribution is 5.81. The van der Waals surface area contributed by atoms with Gasteiger partial charge in [0.25, 0.3) is 0 Å². The molecule has 2 heteroatoms. The van der Waals surface area contributed by atoms with E-state index in [0.29, 0.717) is 31.5 Å². The molecule has 1 nitrogen and oxygen atoms in total. The molecule has 3 fully saturated rings. The van der Waals surface area contributed by atoms with Gasteiger partial charge in [0.05, 0.1) is 0 Å². The molecule has 0 spiro atoms. The minimum absolute atomic E-state index is 0.112. The third-order valence-electron chi connectivity index (χ3n) is 7.63. The van der Waals surface area contributed by atoms with Crippen LogP contribution in [0.3, 0.4) is 0 Å². The number of allylic oxidation sites excluding steroid dienone is 1. The molecule has 2 unspecified atom stereocenters. The Labute approximate surface area is 153 Å². The number of rotatable bonds is 6. The predicted molar refractivity (Wildman–Crippen MR) is 102 cm³/mol. The summed E-state index contributed by atoms with van der Waals surface area (Å²) in [7, 11) is 0. The third-order valence-corrected chi connectivity index (χ3v) is 7.63. The highest BCUT2D eigenvalue weighted by Gasteiger charge is 2.35. The van der Waals surface area contributed by atoms with Crippen LogP contribution in [0.15, 0.2) is 12.7 Å². The molecule has 0 aromatic rings. The van der Waals surface area contributed by atoms with Gasteiger partial charge >= 0.3 is 0 Å². The van der Waals surface area contributed by atoms with Crippen molar-refractivity contribution in [3.63, 3.8) is 0 Å². The van der Waals surface area contributed by atoms with E-state index in [9.17, 15) is 9.18 Å². The SMILES string of the molecule is C=CC1(F)CCC(C(=O)CCCC2CCC3CCCCC3CC2)CC1. The molecule has 0 radical (unpaired) electrons. The van der Waals surface area contributed by atoms with Crippen molar-refractivity contribution in [2.45, 2.75) is 102 Å². The van der Waals surface area contributed by atoms with E-state index in [1.54, 1.807) is 0 Å². The summed E-state index contributed by atoms with van der Waals surface area (Å²) in [6, 6.07) is 0. The number of ketones is 1. The monoisotopic (exact) mass is 348 g/mol. The predicted octanol–water partition coefficient (Wildman–Crippen LogP) is 6.81. The summed E-state index contributed by atoms with van der Waals surface area (Å²) < 4.78 is 14.2. The quantitative estimate of drug-likeness (QED) is 0.482. The average molecular weight is 349 g/mol. The van der Waals surface area contributed by atoms with Gasteiger partial charge in [-0.25, -0.2) is 4.39 Å². The van der Waals surface area contributed by atoms with Crippen LogP contribution in [0.1, 0.15) is 96.3 Å². The molecule has 0 saturated heterocycles. The molecule has 0 N–H and O–H groups in total. The van der Waals surface area contributed by atoms with Crippen LogP contribution in [-0.2, 0) is 4.79 Å². The first-order valence-corrected chi connectivity index (χ1v) is 10.9. The molecule has 2 atom stereocenters. The largest absolute Gasteiger partial charge is 0.299 e. The lowest BCUT2D eigenvalue weighted by molar-refractivity contribution is -0.124. The van der Waals surface area contributed by atoms with Gasteiger partial charge in [-0.2, -0.15) is 0 Å². The smallest absolute Gasteiger partial charge is 0.135 e. The second-order valence-corrected chi connectivity index (χ2v) is 9.20. The summed E-state index contributed by atoms with van der Waals surface area (Å²) >= 11 is 0. The van der Waals surface area contributed by atoms with E-state index in [2.05, 4.69) is 6.58 Å². The third kappa shape index (κ3) is 5.17. The first-order valence-electron chi connectivity index (χ1n) is 10.9. The number of carbonyl (C=O) groups is 1. The zero-order valence-electron chi connectivity index (χ0n) is 16.0. The van der Waals surface area contributed by atoms with Gasteiger partial charge in [-0.05, 0) is 62.7 Å². The number of carbonyl (C=O) groups excluding carboxylic acids is 1. The summed E-state index contributed by atoms with van der Waals surface area (Å²) in [6.07, 6.45) is 18.4. The lowest BCUT2D eigenvalue weighted by atomic mass is 9.77. The normalized spacial score (nSPS) is 39.2. The number of Topliss-reactive ketones (excluding diaryl/α,β-unsaturated/α-hetero) is 1. The van der Waals surface area contributed by atoms with Gasteiger partial charge in [0.15, 0.2) is 0 Å². The summed E-state index contributed by atoms with van der Waals surface area (Å²) in [6.45, 7) is 3.60. The number of alkyl halides is 1. The number of hydrogen-bond donors (Lipinski definition) is 0. The minimum atomic E-state index is -1.21. The van der Waals surface area contributed by atoms with Crippen molar-refractivity contribution in [3.05, 3.63) is 12.7 Å². The Balaban J connectivity index is 1.35. The van der Waals surface area contributed by atoms with Crippen LogP contribution in [0, 0.1) is 23.7 Å². The number of hydrogen-bond acceptors (Lipinski definition) is 1. The Morgan fingerprint density at radius 1 is 0.960 bits per heavy atom. The summed E-state index contributed by atoms with van der Waals surface area (Å²) in [5, 5.41) is 0. The van der Waals surface area contributed by atoms with Gasteiger partial charge < -0.3 is 0 Å². The second-order valence-electron chi connectivity index (χ2n) is 9.20.